The van der Waals surface area contributed by atoms with E-state index in [2.05, 4.69) is 5.32 Å². The molecule has 25 heavy (non-hydrogen) atoms. The van der Waals surface area contributed by atoms with Crippen LogP contribution in [-0.2, 0) is 4.79 Å². The fraction of sp³-hybridized carbons (Fsp3) is 0.211. The van der Waals surface area contributed by atoms with E-state index in [0.29, 0.717) is 36.0 Å². The molecule has 2 aliphatic rings. The van der Waals surface area contributed by atoms with Crippen LogP contribution in [0.2, 0.25) is 0 Å². The SMILES string of the molecule is CSc1cc2c(cc1NC(=O)C1=Cc3ccccc3OC1)OCCO2. The van der Waals surface area contributed by atoms with Crippen LogP contribution in [0.15, 0.2) is 46.9 Å². The molecule has 5 nitrogen and oxygen atoms in total. The first kappa shape index (κ1) is 15.9. The Labute approximate surface area is 150 Å². The first-order chi connectivity index (χ1) is 12.2. The van der Waals surface area contributed by atoms with Gasteiger partial charge in [0.1, 0.15) is 25.6 Å². The van der Waals surface area contributed by atoms with Crippen LogP contribution in [-0.4, -0.2) is 32.0 Å². The van der Waals surface area contributed by atoms with Gasteiger partial charge in [-0.3, -0.25) is 4.79 Å². The van der Waals surface area contributed by atoms with Gasteiger partial charge in [-0.05, 0) is 24.5 Å². The summed E-state index contributed by atoms with van der Waals surface area (Å²) in [4.78, 5) is 13.6. The van der Waals surface area contributed by atoms with Crippen molar-refractivity contribution in [1.82, 2.24) is 0 Å². The average molecular weight is 355 g/mol. The van der Waals surface area contributed by atoms with Crippen LogP contribution >= 0.6 is 11.8 Å². The minimum Gasteiger partial charge on any atom is -0.488 e. The van der Waals surface area contributed by atoms with E-state index >= 15 is 0 Å². The van der Waals surface area contributed by atoms with Gasteiger partial charge in [0.15, 0.2) is 11.5 Å². The third-order valence-corrected chi connectivity index (χ3v) is 4.81. The Morgan fingerprint density at radius 3 is 2.60 bits per heavy atom. The molecule has 0 radical (unpaired) electrons. The lowest BCUT2D eigenvalue weighted by atomic mass is 10.1. The Kier molecular flexibility index (Phi) is 4.28. The van der Waals surface area contributed by atoms with E-state index in [1.807, 2.05) is 48.7 Å². The molecule has 0 atom stereocenters. The highest BCUT2D eigenvalue weighted by atomic mass is 32.2. The zero-order chi connectivity index (χ0) is 17.2. The summed E-state index contributed by atoms with van der Waals surface area (Å²) < 4.78 is 16.9. The van der Waals surface area contributed by atoms with E-state index in [0.717, 1.165) is 16.2 Å². The molecule has 2 aliphatic heterocycles. The van der Waals surface area contributed by atoms with Crippen molar-refractivity contribution in [2.75, 3.05) is 31.4 Å². The summed E-state index contributed by atoms with van der Waals surface area (Å²) in [7, 11) is 0. The number of hydrogen-bond acceptors (Lipinski definition) is 5. The number of fused-ring (bicyclic) bond motifs is 2. The molecule has 2 aromatic carbocycles. The Morgan fingerprint density at radius 1 is 1.04 bits per heavy atom. The summed E-state index contributed by atoms with van der Waals surface area (Å²) in [6.07, 6.45) is 3.82. The van der Waals surface area contributed by atoms with Gasteiger partial charge < -0.3 is 19.5 Å². The first-order valence-electron chi connectivity index (χ1n) is 7.96. The number of ether oxygens (including phenoxy) is 3. The van der Waals surface area contributed by atoms with E-state index in [4.69, 9.17) is 14.2 Å². The Bertz CT molecular complexity index is 862. The lowest BCUT2D eigenvalue weighted by molar-refractivity contribution is -0.113. The Morgan fingerprint density at radius 2 is 1.80 bits per heavy atom. The molecule has 0 aromatic heterocycles. The average Bonchev–Trinajstić information content (AvgIpc) is 2.67. The number of hydrogen-bond donors (Lipinski definition) is 1. The highest BCUT2D eigenvalue weighted by Gasteiger charge is 2.20. The van der Waals surface area contributed by atoms with E-state index in [1.165, 1.54) is 0 Å². The highest BCUT2D eigenvalue weighted by molar-refractivity contribution is 7.98. The molecular formula is C19H17NO4S. The van der Waals surface area contributed by atoms with Crippen molar-refractivity contribution in [3.63, 3.8) is 0 Å². The fourth-order valence-corrected chi connectivity index (χ4v) is 3.34. The highest BCUT2D eigenvalue weighted by Crippen LogP contribution is 2.39. The third-order valence-electron chi connectivity index (χ3n) is 4.04. The predicted molar refractivity (Wildman–Crippen MR) is 97.8 cm³/mol. The predicted octanol–water partition coefficient (Wildman–Crippen LogP) is 3.59. The van der Waals surface area contributed by atoms with Crippen molar-refractivity contribution in [3.8, 4) is 17.2 Å². The quantitative estimate of drug-likeness (QED) is 0.853. The number of carbonyl (C=O) groups is 1. The second-order valence-corrected chi connectivity index (χ2v) is 6.49. The molecule has 2 aromatic rings. The Balaban J connectivity index is 1.60. The third kappa shape index (κ3) is 3.17. The lowest BCUT2D eigenvalue weighted by Gasteiger charge is -2.22. The molecule has 6 heteroatoms. The minimum atomic E-state index is -0.179. The van der Waals surface area contributed by atoms with Crippen LogP contribution in [0.1, 0.15) is 5.56 Å². The number of nitrogens with one attached hydrogen (secondary N) is 1. The topological polar surface area (TPSA) is 56.8 Å². The van der Waals surface area contributed by atoms with Crippen molar-refractivity contribution in [2.45, 2.75) is 4.90 Å². The summed E-state index contributed by atoms with van der Waals surface area (Å²) in [6.45, 7) is 1.30. The zero-order valence-electron chi connectivity index (χ0n) is 13.7. The second-order valence-electron chi connectivity index (χ2n) is 5.65. The maximum absolute atomic E-state index is 12.7. The summed E-state index contributed by atoms with van der Waals surface area (Å²) in [6, 6.07) is 11.4. The van der Waals surface area contributed by atoms with Crippen LogP contribution in [0, 0.1) is 0 Å². The normalized spacial score (nSPS) is 14.8. The van der Waals surface area contributed by atoms with Gasteiger partial charge in [0.2, 0.25) is 0 Å². The summed E-state index contributed by atoms with van der Waals surface area (Å²) >= 11 is 1.54. The van der Waals surface area contributed by atoms with Crippen LogP contribution in [0.3, 0.4) is 0 Å². The van der Waals surface area contributed by atoms with Crippen LogP contribution < -0.4 is 19.5 Å². The molecule has 0 aliphatic carbocycles. The number of anilines is 1. The van der Waals surface area contributed by atoms with Crippen molar-refractivity contribution >= 4 is 29.4 Å². The smallest absolute Gasteiger partial charge is 0.255 e. The number of carbonyl (C=O) groups excluding carboxylic acids is 1. The van der Waals surface area contributed by atoms with E-state index in [1.54, 1.807) is 11.8 Å². The van der Waals surface area contributed by atoms with Gasteiger partial charge in [-0.1, -0.05) is 18.2 Å². The summed E-state index contributed by atoms with van der Waals surface area (Å²) in [5, 5.41) is 2.97. The van der Waals surface area contributed by atoms with Crippen molar-refractivity contribution in [1.29, 1.82) is 0 Å². The number of thioether (sulfide) groups is 1. The van der Waals surface area contributed by atoms with Crippen LogP contribution in [0.25, 0.3) is 6.08 Å². The van der Waals surface area contributed by atoms with E-state index in [-0.39, 0.29) is 12.5 Å². The molecule has 1 amide bonds. The van der Waals surface area contributed by atoms with Crippen molar-refractivity contribution < 1.29 is 19.0 Å². The molecule has 4 rings (SSSR count). The van der Waals surface area contributed by atoms with Crippen molar-refractivity contribution in [2.24, 2.45) is 0 Å². The molecule has 1 N–H and O–H groups in total. The summed E-state index contributed by atoms with van der Waals surface area (Å²) in [5.74, 6) is 1.98. The van der Waals surface area contributed by atoms with Gasteiger partial charge in [-0.15, -0.1) is 11.8 Å². The molecule has 0 spiro atoms. The maximum Gasteiger partial charge on any atom is 0.255 e. The van der Waals surface area contributed by atoms with Gasteiger partial charge >= 0.3 is 0 Å². The van der Waals surface area contributed by atoms with E-state index < -0.39 is 0 Å². The number of para-hydroxylation sites is 1. The number of benzene rings is 2. The molecular weight excluding hydrogens is 338 g/mol. The molecule has 2 heterocycles. The molecule has 128 valence electrons. The monoisotopic (exact) mass is 355 g/mol. The van der Waals surface area contributed by atoms with Crippen LogP contribution in [0.4, 0.5) is 5.69 Å². The standard InChI is InChI=1S/C19H17NO4S/c1-25-18-10-17-16(22-6-7-23-17)9-14(18)20-19(21)13-8-12-4-2-3-5-15(12)24-11-13/h2-5,8-10H,6-7,11H2,1H3,(H,20,21). The molecule has 0 bridgehead atoms. The molecule has 0 fully saturated rings. The zero-order valence-corrected chi connectivity index (χ0v) is 14.5. The van der Waals surface area contributed by atoms with Gasteiger partial charge in [-0.25, -0.2) is 0 Å². The fourth-order valence-electron chi connectivity index (χ4n) is 2.79. The maximum atomic E-state index is 12.7. The Hall–Kier alpha value is -2.60. The largest absolute Gasteiger partial charge is 0.488 e. The summed E-state index contributed by atoms with van der Waals surface area (Å²) in [5.41, 5.74) is 2.20. The lowest BCUT2D eigenvalue weighted by Crippen LogP contribution is -2.22. The first-order valence-corrected chi connectivity index (χ1v) is 9.18. The molecule has 0 saturated carbocycles. The number of rotatable bonds is 3. The van der Waals surface area contributed by atoms with Gasteiger partial charge in [0, 0.05) is 16.5 Å². The minimum absolute atomic E-state index is 0.179. The van der Waals surface area contributed by atoms with Gasteiger partial charge in [-0.2, -0.15) is 0 Å². The number of amides is 1. The van der Waals surface area contributed by atoms with Gasteiger partial charge in [0.05, 0.1) is 11.3 Å². The van der Waals surface area contributed by atoms with Crippen LogP contribution in [0.5, 0.6) is 17.2 Å². The second kappa shape index (κ2) is 6.72. The molecule has 0 unspecified atom stereocenters. The van der Waals surface area contributed by atoms with E-state index in [9.17, 15) is 4.79 Å². The van der Waals surface area contributed by atoms with Crippen molar-refractivity contribution in [3.05, 3.63) is 47.5 Å². The van der Waals surface area contributed by atoms with Gasteiger partial charge in [0.25, 0.3) is 5.91 Å². The molecule has 0 saturated heterocycles.